The summed E-state index contributed by atoms with van der Waals surface area (Å²) in [6.45, 7) is 8.05. The Labute approximate surface area is 207 Å². The molecule has 7 heteroatoms. The van der Waals surface area contributed by atoms with Crippen LogP contribution in [-0.4, -0.2) is 54.7 Å². The van der Waals surface area contributed by atoms with Crippen LogP contribution < -0.4 is 10.2 Å². The third-order valence-corrected chi connectivity index (χ3v) is 6.74. The first-order valence-electron chi connectivity index (χ1n) is 12.3. The molecule has 2 aromatic rings. The number of anilines is 1. The van der Waals surface area contributed by atoms with Crippen LogP contribution >= 0.6 is 0 Å². The highest BCUT2D eigenvalue weighted by molar-refractivity contribution is 5.82. The molecule has 0 spiro atoms. The number of nitriles is 1. The highest BCUT2D eigenvalue weighted by atomic mass is 16.6. The molecule has 2 aliphatic heterocycles. The quantitative estimate of drug-likeness (QED) is 0.714. The van der Waals surface area contributed by atoms with Crippen LogP contribution in [0, 0.1) is 17.2 Å². The lowest BCUT2D eigenvalue weighted by atomic mass is 9.88. The molecule has 7 nitrogen and oxygen atoms in total. The maximum absolute atomic E-state index is 13.4. The van der Waals surface area contributed by atoms with Crippen LogP contribution in [0.3, 0.4) is 0 Å². The molecule has 2 amide bonds. The fourth-order valence-electron chi connectivity index (χ4n) is 4.92. The van der Waals surface area contributed by atoms with Crippen molar-refractivity contribution in [1.82, 2.24) is 10.2 Å². The Morgan fingerprint density at radius 2 is 1.66 bits per heavy atom. The number of likely N-dealkylation sites (tertiary alicyclic amines) is 1. The van der Waals surface area contributed by atoms with Crippen molar-refractivity contribution < 1.29 is 14.3 Å². The van der Waals surface area contributed by atoms with Gasteiger partial charge in [-0.1, -0.05) is 30.3 Å². The van der Waals surface area contributed by atoms with Gasteiger partial charge >= 0.3 is 6.09 Å². The van der Waals surface area contributed by atoms with E-state index in [1.807, 2.05) is 75.4 Å². The molecule has 0 saturated carbocycles. The fraction of sp³-hybridized carbons (Fsp3) is 0.464. The molecular weight excluding hydrogens is 440 g/mol. The van der Waals surface area contributed by atoms with Gasteiger partial charge in [-0.05, 0) is 63.4 Å². The van der Waals surface area contributed by atoms with Gasteiger partial charge in [0.1, 0.15) is 5.60 Å². The smallest absolute Gasteiger partial charge is 0.410 e. The molecule has 2 saturated heterocycles. The summed E-state index contributed by atoms with van der Waals surface area (Å²) in [4.78, 5) is 30.1. The number of piperidine rings is 1. The zero-order chi connectivity index (χ0) is 25.0. The molecule has 1 N–H and O–H groups in total. The van der Waals surface area contributed by atoms with Gasteiger partial charge in [-0.2, -0.15) is 5.26 Å². The summed E-state index contributed by atoms with van der Waals surface area (Å²) in [5, 5.41) is 12.3. The fourth-order valence-corrected chi connectivity index (χ4v) is 4.92. The summed E-state index contributed by atoms with van der Waals surface area (Å²) in [6.07, 6.45) is 1.33. The summed E-state index contributed by atoms with van der Waals surface area (Å²) in [7, 11) is 0. The maximum Gasteiger partial charge on any atom is 0.410 e. The van der Waals surface area contributed by atoms with Crippen molar-refractivity contribution in [2.24, 2.45) is 5.92 Å². The summed E-state index contributed by atoms with van der Waals surface area (Å²) >= 11 is 0. The van der Waals surface area contributed by atoms with Gasteiger partial charge in [0.25, 0.3) is 0 Å². The van der Waals surface area contributed by atoms with Crippen LogP contribution in [0.4, 0.5) is 10.5 Å². The van der Waals surface area contributed by atoms with Gasteiger partial charge in [-0.25, -0.2) is 4.79 Å². The predicted octanol–water partition coefficient (Wildman–Crippen LogP) is 4.29. The number of amides is 2. The van der Waals surface area contributed by atoms with E-state index in [-0.39, 0.29) is 29.9 Å². The summed E-state index contributed by atoms with van der Waals surface area (Å²) in [5.74, 6) is -0.384. The zero-order valence-corrected chi connectivity index (χ0v) is 20.7. The van der Waals surface area contributed by atoms with Gasteiger partial charge in [0.15, 0.2) is 0 Å². The van der Waals surface area contributed by atoms with Crippen molar-refractivity contribution in [2.75, 3.05) is 31.1 Å². The molecule has 2 atom stereocenters. The van der Waals surface area contributed by atoms with E-state index >= 15 is 0 Å². The molecule has 0 aromatic heterocycles. The van der Waals surface area contributed by atoms with Gasteiger partial charge in [0.05, 0.1) is 17.6 Å². The number of hydrogen-bond acceptors (Lipinski definition) is 5. The number of nitrogens with one attached hydrogen (secondary N) is 1. The first kappa shape index (κ1) is 24.6. The average molecular weight is 475 g/mol. The van der Waals surface area contributed by atoms with Gasteiger partial charge in [0, 0.05) is 43.8 Å². The SMILES string of the molecule is CC(C)(C)OC(=O)N1C[C@@H](C(=O)NC2CCN(c3ccc(C#N)cc3)CC2)[C@H](c2ccccc2)C1. The number of hydrogen-bond donors (Lipinski definition) is 1. The molecule has 35 heavy (non-hydrogen) atoms. The van der Waals surface area contributed by atoms with Crippen LogP contribution in [0.2, 0.25) is 0 Å². The van der Waals surface area contributed by atoms with Crippen LogP contribution in [0.1, 0.15) is 50.7 Å². The second-order valence-electron chi connectivity index (χ2n) is 10.4. The van der Waals surface area contributed by atoms with Crippen molar-refractivity contribution in [3.63, 3.8) is 0 Å². The number of benzene rings is 2. The van der Waals surface area contributed by atoms with Crippen LogP contribution in [-0.2, 0) is 9.53 Å². The lowest BCUT2D eigenvalue weighted by Gasteiger charge is -2.34. The van der Waals surface area contributed by atoms with Crippen LogP contribution in [0.25, 0.3) is 0 Å². The average Bonchev–Trinajstić information content (AvgIpc) is 3.30. The topological polar surface area (TPSA) is 85.7 Å². The van der Waals surface area contributed by atoms with Gasteiger partial charge in [0.2, 0.25) is 5.91 Å². The molecule has 4 rings (SSSR count). The molecule has 0 unspecified atom stereocenters. The van der Waals surface area contributed by atoms with Crippen molar-refractivity contribution in [3.8, 4) is 6.07 Å². The minimum absolute atomic E-state index is 0.00161. The third kappa shape index (κ3) is 6.13. The molecule has 2 aliphatic rings. The first-order valence-corrected chi connectivity index (χ1v) is 12.3. The van der Waals surface area contributed by atoms with Crippen molar-refractivity contribution in [3.05, 3.63) is 65.7 Å². The Morgan fingerprint density at radius 3 is 2.26 bits per heavy atom. The maximum atomic E-state index is 13.4. The number of rotatable bonds is 4. The molecule has 2 heterocycles. The first-order chi connectivity index (χ1) is 16.7. The van der Waals surface area contributed by atoms with Gasteiger partial charge in [-0.3, -0.25) is 4.79 Å². The molecule has 2 aromatic carbocycles. The number of carbonyl (C=O) groups excluding carboxylic acids is 2. The Bertz CT molecular complexity index is 1060. The number of nitrogens with zero attached hydrogens (tertiary/aromatic N) is 3. The highest BCUT2D eigenvalue weighted by Gasteiger charge is 2.42. The monoisotopic (exact) mass is 474 g/mol. The van der Waals surface area contributed by atoms with E-state index in [1.54, 1.807) is 4.90 Å². The van der Waals surface area contributed by atoms with E-state index < -0.39 is 5.60 Å². The van der Waals surface area contributed by atoms with Crippen molar-refractivity contribution in [1.29, 1.82) is 5.26 Å². The Kier molecular flexibility index (Phi) is 7.30. The molecule has 0 bridgehead atoms. The number of carbonyl (C=O) groups is 2. The Balaban J connectivity index is 1.39. The minimum atomic E-state index is -0.581. The standard InChI is InChI=1S/C28H34N4O3/c1-28(2,3)35-27(34)32-18-24(21-7-5-4-6-8-21)25(19-32)26(33)30-22-13-15-31(16-14-22)23-11-9-20(17-29)10-12-23/h4-12,22,24-25H,13-16,18-19H2,1-3H3,(H,30,33)/t24-,25+/m0/s1. The lowest BCUT2D eigenvalue weighted by Crippen LogP contribution is -2.47. The second-order valence-corrected chi connectivity index (χ2v) is 10.4. The zero-order valence-electron chi connectivity index (χ0n) is 20.7. The van der Waals surface area contributed by atoms with Gasteiger partial charge in [-0.15, -0.1) is 0 Å². The van der Waals surface area contributed by atoms with Crippen molar-refractivity contribution in [2.45, 2.75) is 51.2 Å². The largest absolute Gasteiger partial charge is 0.444 e. The van der Waals surface area contributed by atoms with Crippen LogP contribution in [0.15, 0.2) is 54.6 Å². The normalized spacial score (nSPS) is 20.9. The van der Waals surface area contributed by atoms with E-state index in [0.717, 1.165) is 37.2 Å². The molecule has 184 valence electrons. The lowest BCUT2D eigenvalue weighted by molar-refractivity contribution is -0.125. The highest BCUT2D eigenvalue weighted by Crippen LogP contribution is 2.34. The minimum Gasteiger partial charge on any atom is -0.444 e. The Hall–Kier alpha value is -3.53. The van der Waals surface area contributed by atoms with E-state index in [4.69, 9.17) is 10.00 Å². The third-order valence-electron chi connectivity index (χ3n) is 6.74. The van der Waals surface area contributed by atoms with E-state index in [9.17, 15) is 9.59 Å². The predicted molar refractivity (Wildman–Crippen MR) is 135 cm³/mol. The van der Waals surface area contributed by atoms with Crippen LogP contribution in [0.5, 0.6) is 0 Å². The molecular formula is C28H34N4O3. The summed E-state index contributed by atoms with van der Waals surface area (Å²) in [5.41, 5.74) is 2.24. The second kappa shape index (κ2) is 10.4. The summed E-state index contributed by atoms with van der Waals surface area (Å²) in [6, 6.07) is 19.8. The molecule has 2 fully saturated rings. The summed E-state index contributed by atoms with van der Waals surface area (Å²) < 4.78 is 5.58. The van der Waals surface area contributed by atoms with E-state index in [0.29, 0.717) is 18.7 Å². The molecule has 0 aliphatic carbocycles. The van der Waals surface area contributed by atoms with E-state index in [1.165, 1.54) is 0 Å². The van der Waals surface area contributed by atoms with Gasteiger partial charge < -0.3 is 19.9 Å². The molecule has 0 radical (unpaired) electrons. The Morgan fingerprint density at radius 1 is 1.00 bits per heavy atom. The van der Waals surface area contributed by atoms with Crippen molar-refractivity contribution >= 4 is 17.7 Å². The number of ether oxygens (including phenoxy) is 1. The van der Waals surface area contributed by atoms with E-state index in [2.05, 4.69) is 16.3 Å².